The first-order valence-electron chi connectivity index (χ1n) is 7.29. The van der Waals surface area contributed by atoms with E-state index in [1.807, 2.05) is 24.3 Å². The Morgan fingerprint density at radius 2 is 2.35 bits per heavy atom. The lowest BCUT2D eigenvalue weighted by Crippen LogP contribution is -2.46. The molecular weight excluding hydrogens is 318 g/mol. The van der Waals surface area contributed by atoms with Crippen LogP contribution in [0.25, 0.3) is 0 Å². The third kappa shape index (κ3) is 3.83. The van der Waals surface area contributed by atoms with Crippen molar-refractivity contribution in [1.82, 2.24) is 5.32 Å². The zero-order valence-corrected chi connectivity index (χ0v) is 13.5. The van der Waals surface area contributed by atoms with Gasteiger partial charge in [0.15, 0.2) is 0 Å². The lowest BCUT2D eigenvalue weighted by molar-refractivity contribution is -0.159. The number of nitrogens with one attached hydrogen (secondary N) is 1. The van der Waals surface area contributed by atoms with Crippen LogP contribution in [-0.4, -0.2) is 19.1 Å². The molecule has 110 valence electrons. The van der Waals surface area contributed by atoms with Crippen LogP contribution >= 0.6 is 15.9 Å². The minimum Gasteiger partial charge on any atom is -0.460 e. The number of hydrogen-bond donors (Lipinski definition) is 1. The molecule has 1 N–H and O–H groups in total. The number of piperidine rings is 1. The number of benzene rings is 1. The SMILES string of the molecule is CCCC1(C(=O)OCc2cccc(Br)c2)CCCNC1. The molecule has 0 bridgehead atoms. The summed E-state index contributed by atoms with van der Waals surface area (Å²) in [5, 5.41) is 3.34. The lowest BCUT2D eigenvalue weighted by Gasteiger charge is -2.35. The van der Waals surface area contributed by atoms with Gasteiger partial charge in [-0.05, 0) is 43.5 Å². The van der Waals surface area contributed by atoms with Gasteiger partial charge in [-0.1, -0.05) is 41.4 Å². The maximum atomic E-state index is 12.5. The zero-order chi connectivity index (χ0) is 14.4. The fourth-order valence-corrected chi connectivity index (χ4v) is 3.31. The van der Waals surface area contributed by atoms with Crippen LogP contribution in [0.2, 0.25) is 0 Å². The molecule has 20 heavy (non-hydrogen) atoms. The van der Waals surface area contributed by atoms with Crippen molar-refractivity contribution >= 4 is 21.9 Å². The summed E-state index contributed by atoms with van der Waals surface area (Å²) in [4.78, 5) is 12.5. The largest absolute Gasteiger partial charge is 0.460 e. The highest BCUT2D eigenvalue weighted by atomic mass is 79.9. The minimum absolute atomic E-state index is 0.0495. The van der Waals surface area contributed by atoms with E-state index >= 15 is 0 Å². The topological polar surface area (TPSA) is 38.3 Å². The van der Waals surface area contributed by atoms with E-state index in [2.05, 4.69) is 28.2 Å². The third-order valence-corrected chi connectivity index (χ3v) is 4.39. The van der Waals surface area contributed by atoms with Gasteiger partial charge in [-0.2, -0.15) is 0 Å². The van der Waals surface area contributed by atoms with E-state index in [0.29, 0.717) is 6.61 Å². The maximum absolute atomic E-state index is 12.5. The van der Waals surface area contributed by atoms with Gasteiger partial charge in [0.2, 0.25) is 0 Å². The van der Waals surface area contributed by atoms with E-state index in [-0.39, 0.29) is 11.4 Å². The van der Waals surface area contributed by atoms with Crippen molar-refractivity contribution in [3.63, 3.8) is 0 Å². The molecule has 3 nitrogen and oxygen atoms in total. The number of carbonyl (C=O) groups is 1. The third-order valence-electron chi connectivity index (χ3n) is 3.89. The van der Waals surface area contributed by atoms with Crippen LogP contribution in [0, 0.1) is 5.41 Å². The van der Waals surface area contributed by atoms with Crippen molar-refractivity contribution in [2.45, 2.75) is 39.2 Å². The van der Waals surface area contributed by atoms with Gasteiger partial charge >= 0.3 is 5.97 Å². The van der Waals surface area contributed by atoms with Crippen LogP contribution in [0.1, 0.15) is 38.2 Å². The van der Waals surface area contributed by atoms with Gasteiger partial charge in [0, 0.05) is 11.0 Å². The Bertz CT molecular complexity index is 450. The van der Waals surface area contributed by atoms with Gasteiger partial charge < -0.3 is 10.1 Å². The second-order valence-electron chi connectivity index (χ2n) is 5.52. The average molecular weight is 340 g/mol. The molecule has 1 aromatic rings. The summed E-state index contributed by atoms with van der Waals surface area (Å²) in [5.74, 6) is -0.0495. The molecule has 1 aliphatic rings. The molecule has 1 aromatic carbocycles. The summed E-state index contributed by atoms with van der Waals surface area (Å²) in [7, 11) is 0. The van der Waals surface area contributed by atoms with Gasteiger partial charge in [-0.3, -0.25) is 4.79 Å². The first-order chi connectivity index (χ1) is 9.66. The number of carbonyl (C=O) groups excluding carboxylic acids is 1. The molecule has 1 atom stereocenters. The van der Waals surface area contributed by atoms with Gasteiger partial charge in [-0.25, -0.2) is 0 Å². The highest BCUT2D eigenvalue weighted by Crippen LogP contribution is 2.33. The highest BCUT2D eigenvalue weighted by molar-refractivity contribution is 9.10. The molecule has 0 radical (unpaired) electrons. The Morgan fingerprint density at radius 3 is 3.00 bits per heavy atom. The van der Waals surface area contributed by atoms with Gasteiger partial charge in [0.05, 0.1) is 5.41 Å². The van der Waals surface area contributed by atoms with Crippen LogP contribution < -0.4 is 5.32 Å². The molecule has 0 aliphatic carbocycles. The van der Waals surface area contributed by atoms with Crippen molar-refractivity contribution < 1.29 is 9.53 Å². The van der Waals surface area contributed by atoms with E-state index in [1.54, 1.807) is 0 Å². The molecule has 1 saturated heterocycles. The summed E-state index contributed by atoms with van der Waals surface area (Å²) < 4.78 is 6.59. The maximum Gasteiger partial charge on any atom is 0.313 e. The Hall–Kier alpha value is -0.870. The molecule has 2 rings (SSSR count). The first-order valence-corrected chi connectivity index (χ1v) is 8.08. The second-order valence-corrected chi connectivity index (χ2v) is 6.43. The normalized spacial score (nSPS) is 22.5. The van der Waals surface area contributed by atoms with Gasteiger partial charge in [0.1, 0.15) is 6.61 Å². The predicted octanol–water partition coefficient (Wildman–Crippen LogP) is 3.66. The Labute approximate surface area is 129 Å². The molecule has 1 unspecified atom stereocenters. The average Bonchev–Trinajstić information content (AvgIpc) is 2.46. The molecule has 1 fully saturated rings. The Morgan fingerprint density at radius 1 is 1.50 bits per heavy atom. The van der Waals surface area contributed by atoms with Crippen molar-refractivity contribution in [2.75, 3.05) is 13.1 Å². The molecule has 4 heteroatoms. The zero-order valence-electron chi connectivity index (χ0n) is 12.0. The van der Waals surface area contributed by atoms with Crippen molar-refractivity contribution in [2.24, 2.45) is 5.41 Å². The van der Waals surface area contributed by atoms with E-state index < -0.39 is 0 Å². The standard InChI is InChI=1S/C16H22BrNO2/c1-2-7-16(8-4-9-18-12-16)15(19)20-11-13-5-3-6-14(17)10-13/h3,5-6,10,18H,2,4,7-9,11-12H2,1H3. The fraction of sp³-hybridized carbons (Fsp3) is 0.562. The van der Waals surface area contributed by atoms with E-state index in [0.717, 1.165) is 48.8 Å². The number of esters is 1. The summed E-state index contributed by atoms with van der Waals surface area (Å²) >= 11 is 3.43. The number of hydrogen-bond acceptors (Lipinski definition) is 3. The Kier molecular flexibility index (Phi) is 5.61. The molecule has 0 saturated carbocycles. The van der Waals surface area contributed by atoms with Gasteiger partial charge in [0.25, 0.3) is 0 Å². The second kappa shape index (κ2) is 7.23. The summed E-state index contributed by atoms with van der Waals surface area (Å²) in [6, 6.07) is 7.88. The molecule has 0 amide bonds. The number of halogens is 1. The summed E-state index contributed by atoms with van der Waals surface area (Å²) in [5.41, 5.74) is 0.696. The summed E-state index contributed by atoms with van der Waals surface area (Å²) in [6.07, 6.45) is 3.89. The molecule has 0 aromatic heterocycles. The van der Waals surface area contributed by atoms with Crippen LogP contribution in [0.4, 0.5) is 0 Å². The van der Waals surface area contributed by atoms with E-state index in [4.69, 9.17) is 4.74 Å². The highest BCUT2D eigenvalue weighted by Gasteiger charge is 2.40. The van der Waals surface area contributed by atoms with Crippen LogP contribution in [0.3, 0.4) is 0 Å². The number of ether oxygens (including phenoxy) is 1. The molecule has 0 spiro atoms. The Balaban J connectivity index is 1.98. The molecule has 1 aliphatic heterocycles. The van der Waals surface area contributed by atoms with Crippen molar-refractivity contribution in [3.8, 4) is 0 Å². The van der Waals surface area contributed by atoms with Crippen LogP contribution in [-0.2, 0) is 16.1 Å². The molecular formula is C16H22BrNO2. The minimum atomic E-state index is -0.320. The predicted molar refractivity (Wildman–Crippen MR) is 83.4 cm³/mol. The van der Waals surface area contributed by atoms with Crippen LogP contribution in [0.15, 0.2) is 28.7 Å². The van der Waals surface area contributed by atoms with E-state index in [9.17, 15) is 4.79 Å². The molecule has 1 heterocycles. The van der Waals surface area contributed by atoms with Crippen molar-refractivity contribution in [1.29, 1.82) is 0 Å². The van der Waals surface area contributed by atoms with Crippen LogP contribution in [0.5, 0.6) is 0 Å². The monoisotopic (exact) mass is 339 g/mol. The number of rotatable bonds is 5. The quantitative estimate of drug-likeness (QED) is 0.832. The van der Waals surface area contributed by atoms with Crippen molar-refractivity contribution in [3.05, 3.63) is 34.3 Å². The summed E-state index contributed by atoms with van der Waals surface area (Å²) in [6.45, 7) is 4.23. The lowest BCUT2D eigenvalue weighted by atomic mass is 9.77. The first kappa shape index (κ1) is 15.5. The van der Waals surface area contributed by atoms with E-state index in [1.165, 1.54) is 0 Å². The smallest absolute Gasteiger partial charge is 0.313 e. The fourth-order valence-electron chi connectivity index (χ4n) is 2.86. The van der Waals surface area contributed by atoms with Gasteiger partial charge in [-0.15, -0.1) is 0 Å².